The minimum absolute atomic E-state index is 0.0386. The standard InChI is InChI=1S/C28H28N6O5/c1-17-27(18(2)39-32-17)23-11-19-10-22(20-13-31-33(14-20)16-26(36)30-8-9-35)28(37)34(24(19)12-25(23)38-3)15-21-6-4-5-7-29-21/h4-7,10-14,35H,8-9,15-16H2,1-3H3,(H,30,36). The van der Waals surface area contributed by atoms with E-state index in [1.54, 1.807) is 30.3 Å². The van der Waals surface area contributed by atoms with Gasteiger partial charge in [0.15, 0.2) is 0 Å². The van der Waals surface area contributed by atoms with Crippen molar-refractivity contribution < 1.29 is 19.2 Å². The molecule has 2 N–H and O–H groups in total. The van der Waals surface area contributed by atoms with Gasteiger partial charge in [-0.25, -0.2) is 0 Å². The van der Waals surface area contributed by atoms with Crippen LogP contribution < -0.4 is 15.6 Å². The van der Waals surface area contributed by atoms with Crippen LogP contribution in [0.4, 0.5) is 0 Å². The summed E-state index contributed by atoms with van der Waals surface area (Å²) in [5, 5.41) is 20.7. The van der Waals surface area contributed by atoms with Gasteiger partial charge in [-0.1, -0.05) is 11.2 Å². The minimum Gasteiger partial charge on any atom is -0.496 e. The first-order chi connectivity index (χ1) is 18.9. The monoisotopic (exact) mass is 528 g/mol. The lowest BCUT2D eigenvalue weighted by Crippen LogP contribution is -2.30. The molecule has 0 atom stereocenters. The number of aliphatic hydroxyl groups excluding tert-OH is 1. The van der Waals surface area contributed by atoms with Crippen LogP contribution in [0.25, 0.3) is 33.2 Å². The van der Waals surface area contributed by atoms with Gasteiger partial charge >= 0.3 is 0 Å². The van der Waals surface area contributed by atoms with Gasteiger partial charge in [-0.3, -0.25) is 19.3 Å². The maximum absolute atomic E-state index is 13.9. The molecule has 39 heavy (non-hydrogen) atoms. The minimum atomic E-state index is -0.291. The molecule has 1 amide bonds. The third-order valence-corrected chi connectivity index (χ3v) is 6.45. The average Bonchev–Trinajstić information content (AvgIpc) is 3.54. The Labute approximate surface area is 223 Å². The van der Waals surface area contributed by atoms with Crippen molar-refractivity contribution in [3.05, 3.63) is 82.5 Å². The highest BCUT2D eigenvalue weighted by atomic mass is 16.5. The maximum Gasteiger partial charge on any atom is 0.259 e. The summed E-state index contributed by atoms with van der Waals surface area (Å²) in [5.74, 6) is 0.953. The SMILES string of the molecule is COc1cc2c(cc1-c1c(C)noc1C)cc(-c1cnn(CC(=O)NCCO)c1)c(=O)n2Cc1ccccn1. The Bertz CT molecular complexity index is 1680. The number of carbonyl (C=O) groups excluding carboxylic acids is 1. The summed E-state index contributed by atoms with van der Waals surface area (Å²) in [4.78, 5) is 30.4. The Morgan fingerprint density at radius 2 is 2.00 bits per heavy atom. The lowest BCUT2D eigenvalue weighted by Gasteiger charge is -2.16. The van der Waals surface area contributed by atoms with E-state index in [0.717, 1.165) is 27.9 Å². The van der Waals surface area contributed by atoms with Crippen molar-refractivity contribution in [2.75, 3.05) is 20.3 Å². The number of nitrogens with one attached hydrogen (secondary N) is 1. The van der Waals surface area contributed by atoms with Crippen LogP contribution in [-0.2, 0) is 17.9 Å². The van der Waals surface area contributed by atoms with E-state index in [1.165, 1.54) is 4.68 Å². The van der Waals surface area contributed by atoms with Gasteiger partial charge in [-0.15, -0.1) is 0 Å². The second kappa shape index (κ2) is 10.9. The van der Waals surface area contributed by atoms with E-state index in [0.29, 0.717) is 28.2 Å². The molecule has 0 saturated carbocycles. The van der Waals surface area contributed by atoms with Gasteiger partial charge in [0.25, 0.3) is 5.56 Å². The molecule has 0 unspecified atom stereocenters. The van der Waals surface area contributed by atoms with E-state index in [-0.39, 0.29) is 37.7 Å². The highest BCUT2D eigenvalue weighted by Gasteiger charge is 2.20. The van der Waals surface area contributed by atoms with E-state index < -0.39 is 0 Å². The smallest absolute Gasteiger partial charge is 0.259 e. The zero-order valence-electron chi connectivity index (χ0n) is 21.8. The number of benzene rings is 1. The van der Waals surface area contributed by atoms with E-state index in [2.05, 4.69) is 20.6 Å². The van der Waals surface area contributed by atoms with Crippen LogP contribution in [0.2, 0.25) is 0 Å². The number of carbonyl (C=O) groups is 1. The largest absolute Gasteiger partial charge is 0.496 e. The number of fused-ring (bicyclic) bond motifs is 1. The molecule has 0 spiro atoms. The number of nitrogens with zero attached hydrogens (tertiary/aromatic N) is 5. The number of hydrogen-bond acceptors (Lipinski definition) is 8. The van der Waals surface area contributed by atoms with Crippen molar-refractivity contribution in [2.45, 2.75) is 26.9 Å². The van der Waals surface area contributed by atoms with Crippen LogP contribution in [0.5, 0.6) is 5.75 Å². The first-order valence-corrected chi connectivity index (χ1v) is 12.4. The van der Waals surface area contributed by atoms with Crippen molar-refractivity contribution in [2.24, 2.45) is 0 Å². The van der Waals surface area contributed by atoms with E-state index in [9.17, 15) is 9.59 Å². The van der Waals surface area contributed by atoms with Crippen LogP contribution >= 0.6 is 0 Å². The normalized spacial score (nSPS) is 11.2. The van der Waals surface area contributed by atoms with Gasteiger partial charge in [0.1, 0.15) is 18.1 Å². The molecule has 0 radical (unpaired) electrons. The maximum atomic E-state index is 13.9. The second-order valence-electron chi connectivity index (χ2n) is 9.08. The Morgan fingerprint density at radius 3 is 2.69 bits per heavy atom. The summed E-state index contributed by atoms with van der Waals surface area (Å²) in [7, 11) is 1.59. The molecule has 0 saturated heterocycles. The summed E-state index contributed by atoms with van der Waals surface area (Å²) in [5.41, 5.74) is 4.53. The third-order valence-electron chi connectivity index (χ3n) is 6.45. The number of ether oxygens (including phenoxy) is 1. The summed E-state index contributed by atoms with van der Waals surface area (Å²) in [6.07, 6.45) is 4.91. The van der Waals surface area contributed by atoms with Gasteiger partial charge in [0, 0.05) is 36.1 Å². The third kappa shape index (κ3) is 5.16. The Kier molecular flexibility index (Phi) is 7.24. The van der Waals surface area contributed by atoms with Gasteiger partial charge in [0.05, 0.1) is 54.5 Å². The van der Waals surface area contributed by atoms with Crippen molar-refractivity contribution in [1.29, 1.82) is 0 Å². The molecular formula is C28H28N6O5. The molecule has 11 heteroatoms. The molecule has 0 bridgehead atoms. The van der Waals surface area contributed by atoms with E-state index in [4.69, 9.17) is 14.4 Å². The fraction of sp³-hybridized carbons (Fsp3) is 0.250. The predicted octanol–water partition coefficient (Wildman–Crippen LogP) is 2.70. The lowest BCUT2D eigenvalue weighted by atomic mass is 9.99. The van der Waals surface area contributed by atoms with Crippen LogP contribution in [0.3, 0.4) is 0 Å². The van der Waals surface area contributed by atoms with Crippen molar-refractivity contribution in [3.63, 3.8) is 0 Å². The number of rotatable bonds is 9. The van der Waals surface area contributed by atoms with Crippen LogP contribution in [0.15, 0.2) is 64.3 Å². The molecule has 200 valence electrons. The number of aryl methyl sites for hydroxylation is 2. The number of aromatic nitrogens is 5. The summed E-state index contributed by atoms with van der Waals surface area (Å²) < 4.78 is 14.3. The molecule has 5 rings (SSSR count). The Morgan fingerprint density at radius 1 is 1.18 bits per heavy atom. The first kappa shape index (κ1) is 25.9. The molecule has 4 aromatic heterocycles. The molecule has 1 aromatic carbocycles. The average molecular weight is 529 g/mol. The molecule has 0 fully saturated rings. The zero-order chi connectivity index (χ0) is 27.5. The summed E-state index contributed by atoms with van der Waals surface area (Å²) in [6, 6.07) is 11.2. The lowest BCUT2D eigenvalue weighted by molar-refractivity contribution is -0.122. The van der Waals surface area contributed by atoms with Crippen molar-refractivity contribution >= 4 is 16.8 Å². The quantitative estimate of drug-likeness (QED) is 0.298. The van der Waals surface area contributed by atoms with Crippen LogP contribution in [0.1, 0.15) is 17.1 Å². The molecule has 0 aliphatic heterocycles. The van der Waals surface area contributed by atoms with Gasteiger partial charge in [0.2, 0.25) is 5.91 Å². The second-order valence-corrected chi connectivity index (χ2v) is 9.08. The molecular weight excluding hydrogens is 500 g/mol. The highest BCUT2D eigenvalue weighted by Crippen LogP contribution is 2.38. The number of methoxy groups -OCH3 is 1. The molecule has 0 aliphatic carbocycles. The molecule has 11 nitrogen and oxygen atoms in total. The van der Waals surface area contributed by atoms with Crippen LogP contribution in [-0.4, -0.2) is 55.8 Å². The number of hydrogen-bond donors (Lipinski definition) is 2. The first-order valence-electron chi connectivity index (χ1n) is 12.4. The highest BCUT2D eigenvalue weighted by molar-refractivity contribution is 5.92. The van der Waals surface area contributed by atoms with Crippen molar-refractivity contribution in [3.8, 4) is 28.0 Å². The number of pyridine rings is 2. The number of amides is 1. The zero-order valence-corrected chi connectivity index (χ0v) is 21.8. The van der Waals surface area contributed by atoms with E-state index in [1.807, 2.05) is 50.2 Å². The molecule has 0 aliphatic rings. The number of aliphatic hydroxyl groups is 1. The van der Waals surface area contributed by atoms with Gasteiger partial charge in [-0.05, 0) is 43.5 Å². The van der Waals surface area contributed by atoms with Gasteiger partial charge in [-0.2, -0.15) is 5.10 Å². The molecule has 4 heterocycles. The molecule has 5 aromatic rings. The van der Waals surface area contributed by atoms with Crippen LogP contribution in [0, 0.1) is 13.8 Å². The predicted molar refractivity (Wildman–Crippen MR) is 144 cm³/mol. The summed E-state index contributed by atoms with van der Waals surface area (Å²) in [6.45, 7) is 3.93. The van der Waals surface area contributed by atoms with E-state index >= 15 is 0 Å². The van der Waals surface area contributed by atoms with Gasteiger partial charge < -0.3 is 24.3 Å². The fourth-order valence-corrected chi connectivity index (χ4v) is 4.64. The fourth-order valence-electron chi connectivity index (χ4n) is 4.64. The van der Waals surface area contributed by atoms with Crippen molar-refractivity contribution in [1.82, 2.24) is 29.8 Å². The summed E-state index contributed by atoms with van der Waals surface area (Å²) >= 11 is 0. The Balaban J connectivity index is 1.68. The topological polar surface area (TPSA) is 137 Å². The Hall–Kier alpha value is -4.77.